The van der Waals surface area contributed by atoms with Crippen LogP contribution in [0.2, 0.25) is 0 Å². The maximum absolute atomic E-state index is 12.8. The molecule has 9 heteroatoms. The van der Waals surface area contributed by atoms with Crippen molar-refractivity contribution in [3.8, 4) is 0 Å². The van der Waals surface area contributed by atoms with Gasteiger partial charge in [0.25, 0.3) is 11.5 Å². The maximum Gasteiger partial charge on any atom is 0.340 e. The van der Waals surface area contributed by atoms with Gasteiger partial charge >= 0.3 is 5.69 Å². The van der Waals surface area contributed by atoms with E-state index < -0.39 is 48.3 Å². The lowest BCUT2D eigenvalue weighted by atomic mass is 10.1. The van der Waals surface area contributed by atoms with Gasteiger partial charge in [0.1, 0.15) is 18.3 Å². The van der Waals surface area contributed by atoms with Gasteiger partial charge in [-0.25, -0.2) is 4.79 Å². The minimum Gasteiger partial charge on any atom is -0.394 e. The molecular weight excluding hydrogens is 356 g/mol. The lowest BCUT2D eigenvalue weighted by Gasteiger charge is -2.19. The average Bonchev–Trinajstić information content (AvgIpc) is 2.97. The molecule has 9 nitrogen and oxygen atoms in total. The Morgan fingerprint density at radius 2 is 1.85 bits per heavy atom. The number of benzene rings is 1. The highest BCUT2D eigenvalue weighted by Gasteiger charge is 2.44. The van der Waals surface area contributed by atoms with E-state index in [-0.39, 0.29) is 11.1 Å². The van der Waals surface area contributed by atoms with Gasteiger partial charge in [0.05, 0.1) is 12.2 Å². The fourth-order valence-electron chi connectivity index (χ4n) is 2.91. The first-order valence-corrected chi connectivity index (χ1v) is 8.13. The number of nitrogens with zero attached hydrogens (tertiary/aromatic N) is 2. The molecule has 1 aromatic carbocycles. The van der Waals surface area contributed by atoms with Crippen LogP contribution in [-0.4, -0.2) is 55.3 Å². The Balaban J connectivity index is 2.18. The van der Waals surface area contributed by atoms with Crippen LogP contribution in [0.3, 0.4) is 0 Å². The number of aliphatic hydroxyl groups excluding tert-OH is 3. The van der Waals surface area contributed by atoms with Crippen LogP contribution in [-0.2, 0) is 4.74 Å². The molecular formula is C18H18N2O7. The van der Waals surface area contributed by atoms with E-state index in [1.54, 1.807) is 18.2 Å². The van der Waals surface area contributed by atoms with Crippen LogP contribution >= 0.6 is 0 Å². The smallest absolute Gasteiger partial charge is 0.340 e. The number of aliphatic hydroxyl groups is 3. The largest absolute Gasteiger partial charge is 0.394 e. The second kappa shape index (κ2) is 7.41. The highest BCUT2D eigenvalue weighted by atomic mass is 16.6. The Morgan fingerprint density at radius 3 is 2.41 bits per heavy atom. The first-order chi connectivity index (χ1) is 12.9. The number of carbonyl (C=O) groups is 1. The zero-order chi connectivity index (χ0) is 19.7. The Kier molecular flexibility index (Phi) is 5.19. The number of carbonyl (C=O) groups excluding carboxylic acids is 1. The van der Waals surface area contributed by atoms with Crippen LogP contribution in [0.1, 0.15) is 22.1 Å². The van der Waals surface area contributed by atoms with Crippen LogP contribution in [0.5, 0.6) is 0 Å². The zero-order valence-corrected chi connectivity index (χ0v) is 14.1. The fourth-order valence-corrected chi connectivity index (χ4v) is 2.91. The van der Waals surface area contributed by atoms with Crippen LogP contribution in [0.15, 0.2) is 52.7 Å². The first-order valence-electron chi connectivity index (χ1n) is 8.13. The van der Waals surface area contributed by atoms with Crippen molar-refractivity contribution in [2.45, 2.75) is 24.5 Å². The molecule has 0 saturated carbocycles. The number of aromatic nitrogens is 2. The standard InChI is InChI=1S/C18H18N2O7/c1-2-10-8-19(17-14(23)13(22)12(9-21)27-17)18(26)20(15(10)24)16(25)11-6-4-3-5-7-11/h2-8,12-14,17,21-23H,1,9H2/t12-,13-,14+,17?/m1/s1. The molecule has 0 amide bonds. The Hall–Kier alpha value is -2.85. The normalized spacial score (nSPS) is 24.7. The van der Waals surface area contributed by atoms with Gasteiger partial charge in [0.15, 0.2) is 6.23 Å². The summed E-state index contributed by atoms with van der Waals surface area (Å²) >= 11 is 0. The Bertz CT molecular complexity index is 979. The quantitative estimate of drug-likeness (QED) is 0.622. The van der Waals surface area contributed by atoms with Gasteiger partial charge in [0, 0.05) is 11.8 Å². The number of ether oxygens (including phenoxy) is 1. The third kappa shape index (κ3) is 3.17. The predicted molar refractivity (Wildman–Crippen MR) is 94.2 cm³/mol. The average molecular weight is 374 g/mol. The predicted octanol–water partition coefficient (Wildman–Crippen LogP) is -1.05. The van der Waals surface area contributed by atoms with Crippen LogP contribution in [0, 0.1) is 0 Å². The molecule has 3 N–H and O–H groups in total. The van der Waals surface area contributed by atoms with E-state index in [9.17, 15) is 29.7 Å². The third-order valence-electron chi connectivity index (χ3n) is 4.38. The van der Waals surface area contributed by atoms with E-state index in [1.807, 2.05) is 0 Å². The van der Waals surface area contributed by atoms with Crippen LogP contribution in [0.25, 0.3) is 6.08 Å². The molecule has 142 valence electrons. The molecule has 4 atom stereocenters. The van der Waals surface area contributed by atoms with Gasteiger partial charge in [-0.15, -0.1) is 0 Å². The molecule has 1 aliphatic heterocycles. The minimum atomic E-state index is -1.55. The van der Waals surface area contributed by atoms with E-state index in [4.69, 9.17) is 4.74 Å². The zero-order valence-electron chi connectivity index (χ0n) is 14.1. The molecule has 1 aromatic heterocycles. The summed E-state index contributed by atoms with van der Waals surface area (Å²) in [5.41, 5.74) is -1.87. The summed E-state index contributed by atoms with van der Waals surface area (Å²) < 4.78 is 6.59. The molecule has 3 rings (SSSR count). The molecule has 2 aromatic rings. The molecule has 0 aliphatic carbocycles. The summed E-state index contributed by atoms with van der Waals surface area (Å²) in [6.45, 7) is 2.91. The summed E-state index contributed by atoms with van der Waals surface area (Å²) in [5.74, 6) is -0.852. The molecule has 1 fully saturated rings. The number of hydrogen-bond donors (Lipinski definition) is 3. The molecule has 0 bridgehead atoms. The van der Waals surface area contributed by atoms with Crippen molar-refractivity contribution in [3.63, 3.8) is 0 Å². The van der Waals surface area contributed by atoms with E-state index in [0.29, 0.717) is 4.57 Å². The topological polar surface area (TPSA) is 131 Å². The van der Waals surface area contributed by atoms with E-state index in [0.717, 1.165) is 16.8 Å². The van der Waals surface area contributed by atoms with Gasteiger partial charge in [0.2, 0.25) is 0 Å². The maximum atomic E-state index is 12.8. The second-order valence-corrected chi connectivity index (χ2v) is 6.02. The highest BCUT2D eigenvalue weighted by Crippen LogP contribution is 2.28. The number of rotatable bonds is 4. The van der Waals surface area contributed by atoms with Crippen molar-refractivity contribution in [2.75, 3.05) is 6.61 Å². The molecule has 2 heterocycles. The molecule has 27 heavy (non-hydrogen) atoms. The van der Waals surface area contributed by atoms with Crippen molar-refractivity contribution in [1.82, 2.24) is 9.13 Å². The monoisotopic (exact) mass is 374 g/mol. The lowest BCUT2D eigenvalue weighted by molar-refractivity contribution is -0.0554. The van der Waals surface area contributed by atoms with E-state index in [2.05, 4.69) is 6.58 Å². The van der Waals surface area contributed by atoms with Gasteiger partial charge < -0.3 is 20.1 Å². The highest BCUT2D eigenvalue weighted by molar-refractivity contribution is 5.95. The summed E-state index contributed by atoms with van der Waals surface area (Å²) in [5, 5.41) is 29.3. The van der Waals surface area contributed by atoms with Crippen LogP contribution < -0.4 is 11.2 Å². The molecule has 0 radical (unpaired) electrons. The van der Waals surface area contributed by atoms with E-state index >= 15 is 0 Å². The van der Waals surface area contributed by atoms with Gasteiger partial charge in [-0.2, -0.15) is 4.57 Å². The molecule has 1 unspecified atom stereocenters. The molecule has 1 aliphatic rings. The van der Waals surface area contributed by atoms with Crippen molar-refractivity contribution in [2.24, 2.45) is 0 Å². The van der Waals surface area contributed by atoms with Crippen LogP contribution in [0.4, 0.5) is 0 Å². The lowest BCUT2D eigenvalue weighted by Crippen LogP contribution is -2.47. The molecule has 1 saturated heterocycles. The minimum absolute atomic E-state index is 0.0726. The van der Waals surface area contributed by atoms with Crippen molar-refractivity contribution in [3.05, 3.63) is 75.1 Å². The van der Waals surface area contributed by atoms with Gasteiger partial charge in [-0.05, 0) is 12.1 Å². The van der Waals surface area contributed by atoms with Gasteiger partial charge in [-0.3, -0.25) is 14.2 Å². The third-order valence-corrected chi connectivity index (χ3v) is 4.38. The summed E-state index contributed by atoms with van der Waals surface area (Å²) in [7, 11) is 0. The fraction of sp³-hybridized carbons (Fsp3) is 0.278. The Labute approximate surface area is 153 Å². The summed E-state index contributed by atoms with van der Waals surface area (Å²) in [6, 6.07) is 7.74. The summed E-state index contributed by atoms with van der Waals surface area (Å²) in [6.07, 6.45) is -3.24. The second-order valence-electron chi connectivity index (χ2n) is 6.02. The SMILES string of the molecule is C=Cc1cn(C2O[C@H](CO)[C@@H](O)[C@@H]2O)c(=O)n(C(=O)c2ccccc2)c1=O. The molecule has 0 spiro atoms. The first kappa shape index (κ1) is 18.9. The Morgan fingerprint density at radius 1 is 1.19 bits per heavy atom. The van der Waals surface area contributed by atoms with E-state index in [1.165, 1.54) is 12.1 Å². The summed E-state index contributed by atoms with van der Waals surface area (Å²) in [4.78, 5) is 38.1. The number of hydrogen-bond acceptors (Lipinski definition) is 7. The van der Waals surface area contributed by atoms with Crippen molar-refractivity contribution >= 4 is 12.0 Å². The van der Waals surface area contributed by atoms with Crippen molar-refractivity contribution in [1.29, 1.82) is 0 Å². The van der Waals surface area contributed by atoms with Gasteiger partial charge in [-0.1, -0.05) is 30.9 Å². The van der Waals surface area contributed by atoms with Crippen molar-refractivity contribution < 1.29 is 24.9 Å².